The number of hydrogen-bond acceptors (Lipinski definition) is 2. The lowest BCUT2D eigenvalue weighted by Crippen LogP contribution is -2.41. The molecule has 1 fully saturated rings. The molecule has 4 rings (SSSR count). The van der Waals surface area contributed by atoms with E-state index in [1.165, 1.54) is 12.1 Å². The third-order valence-electron chi connectivity index (χ3n) is 5.22. The van der Waals surface area contributed by atoms with E-state index >= 15 is 0 Å². The van der Waals surface area contributed by atoms with Gasteiger partial charge in [0.15, 0.2) is 0 Å². The molecule has 1 aliphatic rings. The van der Waals surface area contributed by atoms with E-state index in [0.717, 1.165) is 35.9 Å². The number of ether oxygens (including phenoxy) is 1. The average molecular weight is 366 g/mol. The molecule has 0 bridgehead atoms. The number of hydrogen-bond donors (Lipinski definition) is 0. The molecule has 0 radical (unpaired) electrons. The van der Waals surface area contributed by atoms with E-state index in [2.05, 4.69) is 0 Å². The van der Waals surface area contributed by atoms with E-state index in [1.807, 2.05) is 47.0 Å². The highest BCUT2D eigenvalue weighted by atomic mass is 19.1. The minimum absolute atomic E-state index is 0.0635. The molecule has 3 aromatic rings. The van der Waals surface area contributed by atoms with Crippen LogP contribution < -0.4 is 4.74 Å². The van der Waals surface area contributed by atoms with Gasteiger partial charge in [-0.3, -0.25) is 4.79 Å². The maximum atomic E-state index is 13.3. The second-order valence-electron chi connectivity index (χ2n) is 7.23. The predicted molar refractivity (Wildman–Crippen MR) is 103 cm³/mol. The van der Waals surface area contributed by atoms with Gasteiger partial charge in [-0.05, 0) is 48.6 Å². The molecule has 27 heavy (non-hydrogen) atoms. The normalized spacial score (nSPS) is 17.3. The van der Waals surface area contributed by atoms with E-state index in [-0.39, 0.29) is 17.6 Å². The van der Waals surface area contributed by atoms with Gasteiger partial charge in [0.25, 0.3) is 5.91 Å². The van der Waals surface area contributed by atoms with Crippen LogP contribution in [0.4, 0.5) is 4.39 Å². The second kappa shape index (κ2) is 7.43. The Balaban J connectivity index is 1.42. The van der Waals surface area contributed by atoms with Crippen molar-refractivity contribution in [2.75, 3.05) is 19.7 Å². The lowest BCUT2D eigenvalue weighted by molar-refractivity contribution is 0.0633. The SMILES string of the molecule is Cn1ccc2ccc(C(=O)N3CCCC(COc4cccc(F)c4)C3)cc21. The van der Waals surface area contributed by atoms with Gasteiger partial charge >= 0.3 is 0 Å². The summed E-state index contributed by atoms with van der Waals surface area (Å²) in [5, 5.41) is 1.13. The minimum Gasteiger partial charge on any atom is -0.493 e. The Labute approximate surface area is 158 Å². The Kier molecular flexibility index (Phi) is 4.84. The van der Waals surface area contributed by atoms with Crippen LogP contribution in [0, 0.1) is 11.7 Å². The van der Waals surface area contributed by atoms with Crippen LogP contribution in [-0.4, -0.2) is 35.1 Å². The number of carbonyl (C=O) groups excluding carboxylic acids is 1. The average Bonchev–Trinajstić information content (AvgIpc) is 3.06. The summed E-state index contributed by atoms with van der Waals surface area (Å²) in [6.45, 7) is 1.92. The standard InChI is InChI=1S/C22H23FN2O2/c1-24-11-9-17-7-8-18(12-21(17)24)22(26)25-10-3-4-16(14-25)15-27-20-6-2-5-19(23)13-20/h2,5-9,11-13,16H,3-4,10,14-15H2,1H3. The van der Waals surface area contributed by atoms with Crippen molar-refractivity contribution in [3.8, 4) is 5.75 Å². The first kappa shape index (κ1) is 17.6. The van der Waals surface area contributed by atoms with Gasteiger partial charge in [0, 0.05) is 49.4 Å². The number of carbonyl (C=O) groups is 1. The van der Waals surface area contributed by atoms with Crippen LogP contribution in [-0.2, 0) is 7.05 Å². The summed E-state index contributed by atoms with van der Waals surface area (Å²) >= 11 is 0. The van der Waals surface area contributed by atoms with Gasteiger partial charge in [-0.25, -0.2) is 4.39 Å². The summed E-state index contributed by atoms with van der Waals surface area (Å²) in [7, 11) is 1.98. The van der Waals surface area contributed by atoms with Gasteiger partial charge in [-0.1, -0.05) is 12.1 Å². The van der Waals surface area contributed by atoms with Gasteiger partial charge in [-0.15, -0.1) is 0 Å². The molecule has 0 aliphatic carbocycles. The lowest BCUT2D eigenvalue weighted by Gasteiger charge is -2.32. The van der Waals surface area contributed by atoms with E-state index in [0.29, 0.717) is 18.9 Å². The van der Waals surface area contributed by atoms with Crippen LogP contribution in [0.15, 0.2) is 54.7 Å². The van der Waals surface area contributed by atoms with Gasteiger partial charge in [0.2, 0.25) is 0 Å². The largest absolute Gasteiger partial charge is 0.493 e. The third-order valence-corrected chi connectivity index (χ3v) is 5.22. The van der Waals surface area contributed by atoms with Crippen LogP contribution in [0.1, 0.15) is 23.2 Å². The molecule has 2 heterocycles. The van der Waals surface area contributed by atoms with E-state index in [1.54, 1.807) is 12.1 Å². The Bertz CT molecular complexity index is 966. The molecule has 0 spiro atoms. The van der Waals surface area contributed by atoms with Gasteiger partial charge in [0.05, 0.1) is 6.61 Å². The van der Waals surface area contributed by atoms with Crippen LogP contribution in [0.3, 0.4) is 0 Å². The minimum atomic E-state index is -0.302. The highest BCUT2D eigenvalue weighted by Crippen LogP contribution is 2.23. The fourth-order valence-electron chi connectivity index (χ4n) is 3.73. The molecule has 1 atom stereocenters. The summed E-state index contributed by atoms with van der Waals surface area (Å²) in [5.74, 6) is 0.551. The van der Waals surface area contributed by atoms with Crippen molar-refractivity contribution in [1.29, 1.82) is 0 Å². The molecule has 1 amide bonds. The highest BCUT2D eigenvalue weighted by Gasteiger charge is 2.25. The molecule has 0 N–H and O–H groups in total. The van der Waals surface area contributed by atoms with Crippen molar-refractivity contribution in [1.82, 2.24) is 9.47 Å². The van der Waals surface area contributed by atoms with E-state index in [9.17, 15) is 9.18 Å². The number of fused-ring (bicyclic) bond motifs is 1. The van der Waals surface area contributed by atoms with Crippen molar-refractivity contribution in [2.24, 2.45) is 13.0 Å². The number of halogens is 1. The number of amides is 1. The zero-order valence-corrected chi connectivity index (χ0v) is 15.4. The topological polar surface area (TPSA) is 34.5 Å². The number of nitrogens with zero attached hydrogens (tertiary/aromatic N) is 2. The van der Waals surface area contributed by atoms with Crippen molar-refractivity contribution < 1.29 is 13.9 Å². The molecule has 5 heteroatoms. The molecule has 2 aromatic carbocycles. The van der Waals surface area contributed by atoms with Crippen molar-refractivity contribution in [3.05, 3.63) is 66.1 Å². The van der Waals surface area contributed by atoms with Crippen molar-refractivity contribution >= 4 is 16.8 Å². The first-order valence-electron chi connectivity index (χ1n) is 9.33. The Morgan fingerprint density at radius 1 is 1.22 bits per heavy atom. The Hall–Kier alpha value is -2.82. The van der Waals surface area contributed by atoms with Crippen LogP contribution in [0.5, 0.6) is 5.75 Å². The van der Waals surface area contributed by atoms with Crippen molar-refractivity contribution in [2.45, 2.75) is 12.8 Å². The highest BCUT2D eigenvalue weighted by molar-refractivity contribution is 5.98. The number of aryl methyl sites for hydroxylation is 1. The molecule has 1 saturated heterocycles. The first-order valence-corrected chi connectivity index (χ1v) is 9.33. The molecule has 140 valence electrons. The van der Waals surface area contributed by atoms with Gasteiger partial charge in [0.1, 0.15) is 11.6 Å². The van der Waals surface area contributed by atoms with Crippen LogP contribution in [0.25, 0.3) is 10.9 Å². The Morgan fingerprint density at radius 3 is 2.96 bits per heavy atom. The summed E-state index contributed by atoms with van der Waals surface area (Å²) in [6.07, 6.45) is 3.96. The number of aromatic nitrogens is 1. The fraction of sp³-hybridized carbons (Fsp3) is 0.318. The van der Waals surface area contributed by atoms with Crippen LogP contribution >= 0.6 is 0 Å². The fourth-order valence-corrected chi connectivity index (χ4v) is 3.73. The number of rotatable bonds is 4. The van der Waals surface area contributed by atoms with Crippen LogP contribution in [0.2, 0.25) is 0 Å². The molecule has 4 nitrogen and oxygen atoms in total. The summed E-state index contributed by atoms with van der Waals surface area (Å²) < 4.78 is 21.0. The number of piperidine rings is 1. The second-order valence-corrected chi connectivity index (χ2v) is 7.23. The summed E-state index contributed by atoms with van der Waals surface area (Å²) in [6, 6.07) is 14.1. The zero-order valence-electron chi connectivity index (χ0n) is 15.4. The zero-order chi connectivity index (χ0) is 18.8. The smallest absolute Gasteiger partial charge is 0.253 e. The molecule has 0 saturated carbocycles. The molecule has 1 unspecified atom stereocenters. The quantitative estimate of drug-likeness (QED) is 0.692. The molecular formula is C22H23FN2O2. The maximum absolute atomic E-state index is 13.3. The Morgan fingerprint density at radius 2 is 2.11 bits per heavy atom. The molecule has 1 aromatic heterocycles. The summed E-state index contributed by atoms with van der Waals surface area (Å²) in [5.41, 5.74) is 1.78. The third kappa shape index (κ3) is 3.82. The van der Waals surface area contributed by atoms with Crippen molar-refractivity contribution in [3.63, 3.8) is 0 Å². The van der Waals surface area contributed by atoms with Gasteiger partial charge in [-0.2, -0.15) is 0 Å². The van der Waals surface area contributed by atoms with Gasteiger partial charge < -0.3 is 14.2 Å². The number of likely N-dealkylation sites (tertiary alicyclic amines) is 1. The summed E-state index contributed by atoms with van der Waals surface area (Å²) in [4.78, 5) is 14.9. The first-order chi connectivity index (χ1) is 13.1. The molecular weight excluding hydrogens is 343 g/mol. The molecule has 1 aliphatic heterocycles. The van der Waals surface area contributed by atoms with E-state index < -0.39 is 0 Å². The van der Waals surface area contributed by atoms with E-state index in [4.69, 9.17) is 4.74 Å². The predicted octanol–water partition coefficient (Wildman–Crippen LogP) is 4.25. The monoisotopic (exact) mass is 366 g/mol. The lowest BCUT2D eigenvalue weighted by atomic mass is 9.98. The number of benzene rings is 2. The maximum Gasteiger partial charge on any atom is 0.253 e.